The lowest BCUT2D eigenvalue weighted by molar-refractivity contribution is 0.320. The van der Waals surface area contributed by atoms with Gasteiger partial charge in [0.05, 0.1) is 24.4 Å². The summed E-state index contributed by atoms with van der Waals surface area (Å²) < 4.78 is 7.83. The van der Waals surface area contributed by atoms with Crippen LogP contribution in [0.25, 0.3) is 0 Å². The SMILES string of the molecule is CCOc1ncnc2c1CN(c1c(C#N)c(=O)n(C)c(=O)n1C)CC2. The molecule has 0 spiro atoms. The van der Waals surface area contributed by atoms with E-state index in [9.17, 15) is 14.9 Å². The average Bonchev–Trinajstić information content (AvgIpc) is 2.63. The zero-order chi connectivity index (χ0) is 18.1. The molecule has 0 N–H and O–H groups in total. The molecule has 2 aromatic rings. The Morgan fingerprint density at radius 1 is 1.28 bits per heavy atom. The molecular weight excluding hydrogens is 324 g/mol. The summed E-state index contributed by atoms with van der Waals surface area (Å²) in [5.74, 6) is 0.803. The summed E-state index contributed by atoms with van der Waals surface area (Å²) in [6.45, 7) is 3.23. The Morgan fingerprint density at radius 2 is 2.04 bits per heavy atom. The minimum absolute atomic E-state index is 0.0529. The van der Waals surface area contributed by atoms with Crippen LogP contribution in [0.4, 0.5) is 5.82 Å². The summed E-state index contributed by atoms with van der Waals surface area (Å²) in [5, 5.41) is 9.45. The average molecular weight is 342 g/mol. The molecule has 0 atom stereocenters. The standard InChI is InChI=1S/C16H18N6O3/c1-4-25-13-11-8-22(6-5-12(11)18-9-19-13)14-10(7-17)15(23)21(3)16(24)20(14)2/h9H,4-6,8H2,1-3H3. The van der Waals surface area contributed by atoms with E-state index in [2.05, 4.69) is 9.97 Å². The summed E-state index contributed by atoms with van der Waals surface area (Å²) in [6.07, 6.45) is 2.07. The maximum Gasteiger partial charge on any atom is 0.332 e. The molecule has 130 valence electrons. The number of anilines is 1. The van der Waals surface area contributed by atoms with Crippen LogP contribution in [0.2, 0.25) is 0 Å². The molecule has 25 heavy (non-hydrogen) atoms. The largest absolute Gasteiger partial charge is 0.478 e. The van der Waals surface area contributed by atoms with E-state index < -0.39 is 11.2 Å². The monoisotopic (exact) mass is 342 g/mol. The van der Waals surface area contributed by atoms with Crippen LogP contribution in [0.15, 0.2) is 15.9 Å². The Kier molecular flexibility index (Phi) is 4.27. The van der Waals surface area contributed by atoms with Gasteiger partial charge in [-0.25, -0.2) is 14.8 Å². The van der Waals surface area contributed by atoms with Crippen LogP contribution < -0.4 is 20.9 Å². The van der Waals surface area contributed by atoms with Crippen molar-refractivity contribution in [2.45, 2.75) is 19.9 Å². The number of nitriles is 1. The maximum atomic E-state index is 12.3. The van der Waals surface area contributed by atoms with E-state index in [0.717, 1.165) is 15.8 Å². The predicted molar refractivity (Wildman–Crippen MR) is 89.6 cm³/mol. The van der Waals surface area contributed by atoms with Crippen molar-refractivity contribution in [3.05, 3.63) is 44.0 Å². The zero-order valence-electron chi connectivity index (χ0n) is 14.3. The van der Waals surface area contributed by atoms with Crippen molar-refractivity contribution < 1.29 is 4.74 Å². The van der Waals surface area contributed by atoms with Crippen LogP contribution in [-0.4, -0.2) is 32.3 Å². The van der Waals surface area contributed by atoms with Crippen molar-refractivity contribution in [3.63, 3.8) is 0 Å². The van der Waals surface area contributed by atoms with Gasteiger partial charge >= 0.3 is 5.69 Å². The molecule has 9 nitrogen and oxygen atoms in total. The van der Waals surface area contributed by atoms with E-state index in [1.165, 1.54) is 17.9 Å². The molecule has 0 unspecified atom stereocenters. The molecule has 1 aliphatic heterocycles. The smallest absolute Gasteiger partial charge is 0.332 e. The van der Waals surface area contributed by atoms with Crippen molar-refractivity contribution in [2.24, 2.45) is 14.1 Å². The highest BCUT2D eigenvalue weighted by Crippen LogP contribution is 2.28. The second kappa shape index (κ2) is 6.39. The van der Waals surface area contributed by atoms with Gasteiger partial charge in [-0.05, 0) is 6.92 Å². The molecule has 0 radical (unpaired) electrons. The molecule has 0 saturated heterocycles. The van der Waals surface area contributed by atoms with Crippen molar-refractivity contribution in [3.8, 4) is 11.9 Å². The summed E-state index contributed by atoms with van der Waals surface area (Å²) in [6, 6.07) is 1.94. The van der Waals surface area contributed by atoms with Crippen molar-refractivity contribution in [1.29, 1.82) is 5.26 Å². The third-order valence-corrected chi connectivity index (χ3v) is 4.29. The number of fused-ring (bicyclic) bond motifs is 1. The topological polar surface area (TPSA) is 106 Å². The molecule has 0 fully saturated rings. The normalized spacial score (nSPS) is 13.3. The van der Waals surface area contributed by atoms with Crippen LogP contribution in [0.1, 0.15) is 23.7 Å². The highest BCUT2D eigenvalue weighted by molar-refractivity contribution is 5.55. The van der Waals surface area contributed by atoms with Crippen LogP contribution in [0.5, 0.6) is 5.88 Å². The number of rotatable bonds is 3. The Balaban J connectivity index is 2.14. The van der Waals surface area contributed by atoms with Crippen LogP contribution in [0, 0.1) is 11.3 Å². The van der Waals surface area contributed by atoms with E-state index in [-0.39, 0.29) is 5.56 Å². The highest BCUT2D eigenvalue weighted by atomic mass is 16.5. The lowest BCUT2D eigenvalue weighted by Crippen LogP contribution is -2.44. The first-order valence-electron chi connectivity index (χ1n) is 7.90. The Bertz CT molecular complexity index is 985. The molecule has 3 heterocycles. The lowest BCUT2D eigenvalue weighted by Gasteiger charge is -2.32. The second-order valence-corrected chi connectivity index (χ2v) is 5.72. The first-order chi connectivity index (χ1) is 12.0. The molecular formula is C16H18N6O3. The molecule has 3 rings (SSSR count). The summed E-state index contributed by atoms with van der Waals surface area (Å²) in [4.78, 5) is 34.9. The van der Waals surface area contributed by atoms with Crippen LogP contribution in [0.3, 0.4) is 0 Å². The van der Waals surface area contributed by atoms with E-state index in [4.69, 9.17) is 4.74 Å². The Labute approximate surface area is 143 Å². The molecule has 2 aromatic heterocycles. The lowest BCUT2D eigenvalue weighted by atomic mass is 10.1. The molecule has 0 bridgehead atoms. The van der Waals surface area contributed by atoms with E-state index in [0.29, 0.717) is 37.8 Å². The van der Waals surface area contributed by atoms with Gasteiger partial charge in [-0.2, -0.15) is 5.26 Å². The van der Waals surface area contributed by atoms with Gasteiger partial charge in [0.2, 0.25) is 5.88 Å². The number of hydrogen-bond donors (Lipinski definition) is 0. The molecule has 0 saturated carbocycles. The summed E-state index contributed by atoms with van der Waals surface area (Å²) in [7, 11) is 2.92. The van der Waals surface area contributed by atoms with Crippen LogP contribution in [-0.2, 0) is 27.1 Å². The van der Waals surface area contributed by atoms with Gasteiger partial charge in [0.1, 0.15) is 18.2 Å². The molecule has 1 aliphatic rings. The van der Waals surface area contributed by atoms with Crippen molar-refractivity contribution in [2.75, 3.05) is 18.1 Å². The minimum atomic E-state index is -0.597. The maximum absolute atomic E-state index is 12.3. The number of nitrogens with zero attached hydrogens (tertiary/aromatic N) is 6. The first-order valence-corrected chi connectivity index (χ1v) is 7.90. The fourth-order valence-corrected chi connectivity index (χ4v) is 3.06. The third kappa shape index (κ3) is 2.65. The number of hydrogen-bond acceptors (Lipinski definition) is 7. The van der Waals surface area contributed by atoms with Gasteiger partial charge in [0, 0.05) is 27.1 Å². The molecule has 0 amide bonds. The first kappa shape index (κ1) is 16.7. The summed E-state index contributed by atoms with van der Waals surface area (Å²) >= 11 is 0. The Morgan fingerprint density at radius 3 is 2.72 bits per heavy atom. The number of aromatic nitrogens is 4. The summed E-state index contributed by atoms with van der Waals surface area (Å²) in [5.41, 5.74) is 0.567. The van der Waals surface area contributed by atoms with Crippen LogP contribution >= 0.6 is 0 Å². The van der Waals surface area contributed by atoms with Crippen molar-refractivity contribution in [1.82, 2.24) is 19.1 Å². The fourth-order valence-electron chi connectivity index (χ4n) is 3.06. The predicted octanol–water partition coefficient (Wildman–Crippen LogP) is -0.293. The van der Waals surface area contributed by atoms with E-state index in [1.54, 1.807) is 7.05 Å². The highest BCUT2D eigenvalue weighted by Gasteiger charge is 2.27. The Hall–Kier alpha value is -3.15. The molecule has 0 aromatic carbocycles. The van der Waals surface area contributed by atoms with Gasteiger partial charge in [0.15, 0.2) is 5.56 Å². The molecule has 9 heteroatoms. The second-order valence-electron chi connectivity index (χ2n) is 5.72. The minimum Gasteiger partial charge on any atom is -0.478 e. The van der Waals surface area contributed by atoms with E-state index in [1.807, 2.05) is 17.9 Å². The number of ether oxygens (including phenoxy) is 1. The molecule has 0 aliphatic carbocycles. The fraction of sp³-hybridized carbons (Fsp3) is 0.438. The van der Waals surface area contributed by atoms with Gasteiger partial charge in [-0.1, -0.05) is 0 Å². The van der Waals surface area contributed by atoms with Gasteiger partial charge < -0.3 is 9.64 Å². The van der Waals surface area contributed by atoms with Gasteiger partial charge in [-0.15, -0.1) is 0 Å². The quantitative estimate of drug-likeness (QED) is 0.754. The van der Waals surface area contributed by atoms with Crippen molar-refractivity contribution >= 4 is 5.82 Å². The third-order valence-electron chi connectivity index (χ3n) is 4.29. The van der Waals surface area contributed by atoms with Gasteiger partial charge in [-0.3, -0.25) is 13.9 Å². The van der Waals surface area contributed by atoms with Gasteiger partial charge in [0.25, 0.3) is 5.56 Å². The zero-order valence-corrected chi connectivity index (χ0v) is 14.3. The van der Waals surface area contributed by atoms with E-state index >= 15 is 0 Å².